The molecule has 0 bridgehead atoms. The molecule has 5 nitrogen and oxygen atoms in total. The van der Waals surface area contributed by atoms with Crippen LogP contribution in [0.4, 0.5) is 5.69 Å². The molecule has 0 fully saturated rings. The largest absolute Gasteiger partial charge is 0.358 e. The third kappa shape index (κ3) is 1.81. The molecule has 0 saturated carbocycles. The fraction of sp³-hybridized carbons (Fsp3) is 0.300. The maximum Gasteiger partial charge on any atom is 0.269 e. The summed E-state index contributed by atoms with van der Waals surface area (Å²) in [7, 11) is 1.97. The first-order valence-corrected chi connectivity index (χ1v) is 4.69. The normalized spacial score (nSPS) is 15.3. The molecule has 0 atom stereocenters. The van der Waals surface area contributed by atoms with Crippen molar-refractivity contribution in [2.24, 2.45) is 4.99 Å². The fourth-order valence-corrected chi connectivity index (χ4v) is 1.58. The Morgan fingerprint density at radius 3 is 2.53 bits per heavy atom. The van der Waals surface area contributed by atoms with Gasteiger partial charge in [0.2, 0.25) is 0 Å². The molecule has 78 valence electrons. The number of aliphatic imine (C=N–C) groups is 1. The van der Waals surface area contributed by atoms with Gasteiger partial charge in [-0.05, 0) is 12.1 Å². The first kappa shape index (κ1) is 9.64. The van der Waals surface area contributed by atoms with Crippen molar-refractivity contribution < 1.29 is 4.92 Å². The van der Waals surface area contributed by atoms with E-state index in [1.807, 2.05) is 11.9 Å². The lowest BCUT2D eigenvalue weighted by Gasteiger charge is -2.13. The first-order chi connectivity index (χ1) is 7.18. The highest BCUT2D eigenvalue weighted by Gasteiger charge is 2.15. The molecule has 1 aliphatic heterocycles. The van der Waals surface area contributed by atoms with Gasteiger partial charge in [0.15, 0.2) is 0 Å². The van der Waals surface area contributed by atoms with Gasteiger partial charge in [-0.1, -0.05) is 0 Å². The van der Waals surface area contributed by atoms with Crippen LogP contribution in [0.15, 0.2) is 29.3 Å². The summed E-state index contributed by atoms with van der Waals surface area (Å²) in [5, 5.41) is 10.5. The van der Waals surface area contributed by atoms with E-state index >= 15 is 0 Å². The van der Waals surface area contributed by atoms with Gasteiger partial charge in [-0.15, -0.1) is 0 Å². The third-order valence-electron chi connectivity index (χ3n) is 2.39. The molecule has 0 aliphatic carbocycles. The Morgan fingerprint density at radius 1 is 1.40 bits per heavy atom. The van der Waals surface area contributed by atoms with Crippen molar-refractivity contribution in [2.75, 3.05) is 20.1 Å². The average molecular weight is 205 g/mol. The van der Waals surface area contributed by atoms with Gasteiger partial charge in [-0.25, -0.2) is 0 Å². The van der Waals surface area contributed by atoms with E-state index in [-0.39, 0.29) is 5.69 Å². The number of nitro benzene ring substituents is 1. The van der Waals surface area contributed by atoms with E-state index in [2.05, 4.69) is 4.99 Å². The minimum Gasteiger partial charge on any atom is -0.358 e. The zero-order valence-electron chi connectivity index (χ0n) is 8.38. The highest BCUT2D eigenvalue weighted by molar-refractivity contribution is 5.99. The van der Waals surface area contributed by atoms with Gasteiger partial charge in [-0.2, -0.15) is 0 Å². The van der Waals surface area contributed by atoms with Crippen LogP contribution in [0.3, 0.4) is 0 Å². The van der Waals surface area contributed by atoms with Crippen molar-refractivity contribution in [1.29, 1.82) is 0 Å². The first-order valence-electron chi connectivity index (χ1n) is 4.69. The Balaban J connectivity index is 2.27. The highest BCUT2D eigenvalue weighted by atomic mass is 16.6. The van der Waals surface area contributed by atoms with Gasteiger partial charge in [0.1, 0.15) is 5.84 Å². The second-order valence-corrected chi connectivity index (χ2v) is 3.43. The number of amidine groups is 1. The predicted octanol–water partition coefficient (Wildman–Crippen LogP) is 1.29. The molecule has 0 unspecified atom stereocenters. The molecule has 15 heavy (non-hydrogen) atoms. The number of benzene rings is 1. The van der Waals surface area contributed by atoms with E-state index in [0.29, 0.717) is 0 Å². The molecule has 0 spiro atoms. The fourth-order valence-electron chi connectivity index (χ4n) is 1.58. The molecule has 0 aromatic heterocycles. The van der Waals surface area contributed by atoms with Crippen LogP contribution < -0.4 is 0 Å². The molecule has 1 aliphatic rings. The zero-order chi connectivity index (χ0) is 10.8. The smallest absolute Gasteiger partial charge is 0.269 e. The van der Waals surface area contributed by atoms with Crippen molar-refractivity contribution in [3.05, 3.63) is 39.9 Å². The Hall–Kier alpha value is -1.91. The van der Waals surface area contributed by atoms with Gasteiger partial charge in [0, 0.05) is 31.3 Å². The molecule has 1 heterocycles. The second kappa shape index (κ2) is 3.68. The Kier molecular flexibility index (Phi) is 2.37. The maximum absolute atomic E-state index is 10.5. The monoisotopic (exact) mass is 205 g/mol. The van der Waals surface area contributed by atoms with E-state index in [9.17, 15) is 10.1 Å². The number of hydrogen-bond acceptors (Lipinski definition) is 4. The molecule has 5 heteroatoms. The predicted molar refractivity (Wildman–Crippen MR) is 57.1 cm³/mol. The van der Waals surface area contributed by atoms with E-state index in [1.165, 1.54) is 12.1 Å². The summed E-state index contributed by atoms with van der Waals surface area (Å²) < 4.78 is 0. The minimum absolute atomic E-state index is 0.111. The highest BCUT2D eigenvalue weighted by Crippen LogP contribution is 2.15. The number of hydrogen-bond donors (Lipinski definition) is 0. The zero-order valence-corrected chi connectivity index (χ0v) is 8.38. The summed E-state index contributed by atoms with van der Waals surface area (Å²) in [6.07, 6.45) is 0. The Bertz CT molecular complexity index is 411. The lowest BCUT2D eigenvalue weighted by Crippen LogP contribution is -2.23. The van der Waals surface area contributed by atoms with E-state index in [0.717, 1.165) is 24.5 Å². The van der Waals surface area contributed by atoms with Gasteiger partial charge < -0.3 is 4.90 Å². The standard InChI is InChI=1S/C10H11N3O2/c1-12-7-6-11-10(12)8-2-4-9(5-3-8)13(14)15/h2-5H,6-7H2,1H3. The van der Waals surface area contributed by atoms with Gasteiger partial charge >= 0.3 is 0 Å². The average Bonchev–Trinajstić information content (AvgIpc) is 2.65. The van der Waals surface area contributed by atoms with Crippen molar-refractivity contribution in [1.82, 2.24) is 4.90 Å². The number of rotatable bonds is 2. The maximum atomic E-state index is 10.5. The molecule has 0 N–H and O–H groups in total. The quantitative estimate of drug-likeness (QED) is 0.540. The second-order valence-electron chi connectivity index (χ2n) is 3.43. The molecule has 0 amide bonds. The molecular formula is C10H11N3O2. The van der Waals surface area contributed by atoms with Crippen LogP contribution in [-0.4, -0.2) is 35.8 Å². The number of non-ortho nitro benzene ring substituents is 1. The number of nitro groups is 1. The van der Waals surface area contributed by atoms with Gasteiger partial charge in [-0.3, -0.25) is 15.1 Å². The van der Waals surface area contributed by atoms with Crippen molar-refractivity contribution in [3.63, 3.8) is 0 Å². The van der Waals surface area contributed by atoms with Crippen LogP contribution in [0.5, 0.6) is 0 Å². The molecule has 1 aromatic rings. The summed E-state index contributed by atoms with van der Waals surface area (Å²) in [6, 6.07) is 6.48. The summed E-state index contributed by atoms with van der Waals surface area (Å²) in [5.74, 6) is 0.907. The van der Waals surface area contributed by atoms with E-state index in [1.54, 1.807) is 12.1 Å². The number of likely N-dealkylation sites (N-methyl/N-ethyl adjacent to an activating group) is 1. The molecule has 0 saturated heterocycles. The van der Waals surface area contributed by atoms with Crippen molar-refractivity contribution in [2.45, 2.75) is 0 Å². The van der Waals surface area contributed by atoms with Crippen LogP contribution in [0.2, 0.25) is 0 Å². The molecular weight excluding hydrogens is 194 g/mol. The van der Waals surface area contributed by atoms with Crippen LogP contribution in [0, 0.1) is 10.1 Å². The van der Waals surface area contributed by atoms with Crippen molar-refractivity contribution in [3.8, 4) is 0 Å². The Labute approximate surface area is 87.2 Å². The lowest BCUT2D eigenvalue weighted by molar-refractivity contribution is -0.384. The Morgan fingerprint density at radius 2 is 2.07 bits per heavy atom. The van der Waals surface area contributed by atoms with Gasteiger partial charge in [0.25, 0.3) is 5.69 Å². The van der Waals surface area contributed by atoms with Crippen molar-refractivity contribution >= 4 is 11.5 Å². The molecule has 2 rings (SSSR count). The van der Waals surface area contributed by atoms with Crippen LogP contribution in [-0.2, 0) is 0 Å². The number of nitrogens with zero attached hydrogens (tertiary/aromatic N) is 3. The molecule has 1 aromatic carbocycles. The SMILES string of the molecule is CN1CCN=C1c1ccc([N+](=O)[O-])cc1. The lowest BCUT2D eigenvalue weighted by atomic mass is 10.2. The summed E-state index contributed by atoms with van der Waals surface area (Å²) in [4.78, 5) is 16.4. The third-order valence-corrected chi connectivity index (χ3v) is 2.39. The summed E-state index contributed by atoms with van der Waals surface area (Å²) in [6.45, 7) is 1.70. The van der Waals surface area contributed by atoms with Gasteiger partial charge in [0.05, 0.1) is 11.5 Å². The summed E-state index contributed by atoms with van der Waals surface area (Å²) in [5.41, 5.74) is 1.04. The van der Waals surface area contributed by atoms with E-state index < -0.39 is 4.92 Å². The van der Waals surface area contributed by atoms with Crippen LogP contribution in [0.1, 0.15) is 5.56 Å². The topological polar surface area (TPSA) is 58.7 Å². The van der Waals surface area contributed by atoms with Crippen LogP contribution >= 0.6 is 0 Å². The summed E-state index contributed by atoms with van der Waals surface area (Å²) >= 11 is 0. The minimum atomic E-state index is -0.399. The molecule has 0 radical (unpaired) electrons. The van der Waals surface area contributed by atoms with Crippen LogP contribution in [0.25, 0.3) is 0 Å². The van der Waals surface area contributed by atoms with E-state index in [4.69, 9.17) is 0 Å².